The normalized spacial score (nSPS) is 11.9. The van der Waals surface area contributed by atoms with Crippen LogP contribution in [0.1, 0.15) is 12.5 Å². The maximum absolute atomic E-state index is 13.1. The zero-order valence-electron chi connectivity index (χ0n) is 12.6. The summed E-state index contributed by atoms with van der Waals surface area (Å²) in [4.78, 5) is 10.1. The smallest absolute Gasteiger partial charge is 0.377 e. The number of nitrogens with one attached hydrogen (secondary N) is 1. The number of hydrogen-bond donors (Lipinski definition) is 1. The zero-order chi connectivity index (χ0) is 18.8. The molecule has 0 bridgehead atoms. The van der Waals surface area contributed by atoms with Gasteiger partial charge in [-0.2, -0.15) is 21.6 Å². The molecule has 0 saturated carbocycles. The third kappa shape index (κ3) is 4.64. The van der Waals surface area contributed by atoms with Gasteiger partial charge >= 0.3 is 16.3 Å². The van der Waals surface area contributed by atoms with Crippen molar-refractivity contribution in [3.63, 3.8) is 0 Å². The van der Waals surface area contributed by atoms with Crippen molar-refractivity contribution in [3.05, 3.63) is 53.1 Å². The van der Waals surface area contributed by atoms with E-state index in [-0.39, 0.29) is 16.5 Å². The van der Waals surface area contributed by atoms with Gasteiger partial charge in [0.15, 0.2) is 5.75 Å². The van der Waals surface area contributed by atoms with Gasteiger partial charge in [0.05, 0.1) is 11.3 Å². The van der Waals surface area contributed by atoms with E-state index in [9.17, 15) is 26.4 Å². The Morgan fingerprint density at radius 2 is 1.80 bits per heavy atom. The van der Waals surface area contributed by atoms with Crippen molar-refractivity contribution in [2.45, 2.75) is 18.0 Å². The molecule has 0 aliphatic carbocycles. The fraction of sp³-hybridized carbons (Fsp3) is 0.133. The summed E-state index contributed by atoms with van der Waals surface area (Å²) in [5.74, 6) is -0.823. The first-order chi connectivity index (χ1) is 11.5. The molecule has 2 aromatic rings. The molecule has 0 aromatic heterocycles. The number of rotatable bonds is 4. The average molecular weight is 394 g/mol. The molecule has 0 atom stereocenters. The van der Waals surface area contributed by atoms with E-state index in [1.165, 1.54) is 31.2 Å². The van der Waals surface area contributed by atoms with Crippen LogP contribution in [-0.4, -0.2) is 14.3 Å². The number of halogens is 4. The van der Waals surface area contributed by atoms with Gasteiger partial charge in [-0.15, -0.1) is 0 Å². The van der Waals surface area contributed by atoms with Gasteiger partial charge in [0.1, 0.15) is 4.90 Å². The van der Waals surface area contributed by atoms with Crippen molar-refractivity contribution in [2.24, 2.45) is 0 Å². The van der Waals surface area contributed by atoms with Gasteiger partial charge in [-0.05, 0) is 30.3 Å². The third-order valence-electron chi connectivity index (χ3n) is 2.91. The Balaban J connectivity index is 2.50. The molecular weight excluding hydrogens is 383 g/mol. The van der Waals surface area contributed by atoms with E-state index in [1.807, 2.05) is 0 Å². The molecule has 0 unspecified atom stereocenters. The lowest BCUT2D eigenvalue weighted by molar-refractivity contribution is -0.140. The number of anilines is 1. The predicted octanol–water partition coefficient (Wildman–Crippen LogP) is 4.08. The highest BCUT2D eigenvalue weighted by molar-refractivity contribution is 7.87. The van der Waals surface area contributed by atoms with Gasteiger partial charge in [0.2, 0.25) is 5.91 Å². The minimum Gasteiger partial charge on any atom is -0.377 e. The van der Waals surface area contributed by atoms with E-state index in [0.717, 1.165) is 6.07 Å². The van der Waals surface area contributed by atoms with Crippen LogP contribution >= 0.6 is 11.6 Å². The second-order valence-electron chi connectivity index (χ2n) is 4.85. The first-order valence-corrected chi connectivity index (χ1v) is 8.47. The highest BCUT2D eigenvalue weighted by Gasteiger charge is 2.38. The summed E-state index contributed by atoms with van der Waals surface area (Å²) < 4.78 is 68.8. The SMILES string of the molecule is CC(=O)Nc1ccccc1OS(=O)(=O)c1ccc(Cl)cc1C(F)(F)F. The molecule has 0 saturated heterocycles. The van der Waals surface area contributed by atoms with Crippen LogP contribution in [0.3, 0.4) is 0 Å². The minimum atomic E-state index is -4.95. The summed E-state index contributed by atoms with van der Waals surface area (Å²) in [6.45, 7) is 1.19. The minimum absolute atomic E-state index is 0.00102. The van der Waals surface area contributed by atoms with Crippen LogP contribution in [-0.2, 0) is 21.1 Å². The summed E-state index contributed by atoms with van der Waals surface area (Å²) in [7, 11) is -4.83. The Labute approximate surface area is 146 Å². The Bertz CT molecular complexity index is 913. The van der Waals surface area contributed by atoms with Crippen molar-refractivity contribution < 1.29 is 30.6 Å². The van der Waals surface area contributed by atoms with E-state index in [1.54, 1.807) is 0 Å². The molecule has 1 N–H and O–H groups in total. The van der Waals surface area contributed by atoms with Gasteiger partial charge in [-0.3, -0.25) is 4.79 Å². The zero-order valence-corrected chi connectivity index (χ0v) is 14.2. The molecule has 2 rings (SSSR count). The molecule has 0 heterocycles. The number of amides is 1. The first kappa shape index (κ1) is 19.1. The number of alkyl halides is 3. The Hall–Kier alpha value is -2.26. The number of hydrogen-bond acceptors (Lipinski definition) is 4. The van der Waals surface area contributed by atoms with E-state index in [0.29, 0.717) is 12.1 Å². The molecule has 0 aliphatic heterocycles. The Morgan fingerprint density at radius 3 is 2.40 bits per heavy atom. The molecule has 0 radical (unpaired) electrons. The Morgan fingerprint density at radius 1 is 1.16 bits per heavy atom. The van der Waals surface area contributed by atoms with Gasteiger partial charge in [-0.25, -0.2) is 0 Å². The molecule has 2 aromatic carbocycles. The molecule has 0 fully saturated rings. The standard InChI is InChI=1S/C15H11ClF3NO4S/c1-9(21)20-12-4-2-3-5-13(12)24-25(22,23)14-7-6-10(16)8-11(14)15(17,18)19/h2-8H,1H3,(H,20,21). The monoisotopic (exact) mass is 393 g/mol. The van der Waals surface area contributed by atoms with Crippen LogP contribution in [0.2, 0.25) is 5.02 Å². The van der Waals surface area contributed by atoms with Crippen LogP contribution < -0.4 is 9.50 Å². The summed E-state index contributed by atoms with van der Waals surface area (Å²) in [6.07, 6.45) is -4.95. The van der Waals surface area contributed by atoms with Crippen LogP contribution in [0.25, 0.3) is 0 Å². The van der Waals surface area contributed by atoms with Crippen molar-refractivity contribution >= 4 is 33.3 Å². The van der Waals surface area contributed by atoms with Crippen LogP contribution in [0.4, 0.5) is 18.9 Å². The van der Waals surface area contributed by atoms with Gasteiger partial charge in [0, 0.05) is 11.9 Å². The lowest BCUT2D eigenvalue weighted by Gasteiger charge is -2.15. The summed E-state index contributed by atoms with van der Waals surface area (Å²) in [5.41, 5.74) is -1.45. The highest BCUT2D eigenvalue weighted by atomic mass is 35.5. The number of benzene rings is 2. The number of carbonyl (C=O) groups excluding carboxylic acids is 1. The molecule has 134 valence electrons. The maximum atomic E-state index is 13.1. The largest absolute Gasteiger partial charge is 0.417 e. The summed E-state index contributed by atoms with van der Waals surface area (Å²) >= 11 is 5.53. The molecule has 0 aliphatic rings. The molecular formula is C15H11ClF3NO4S. The highest BCUT2D eigenvalue weighted by Crippen LogP contribution is 2.37. The fourth-order valence-electron chi connectivity index (χ4n) is 1.94. The van der Waals surface area contributed by atoms with Crippen molar-refractivity contribution in [1.29, 1.82) is 0 Å². The lowest BCUT2D eigenvalue weighted by Crippen LogP contribution is -2.18. The van der Waals surface area contributed by atoms with E-state index in [2.05, 4.69) is 5.32 Å². The topological polar surface area (TPSA) is 72.5 Å². The average Bonchev–Trinajstić information content (AvgIpc) is 2.47. The molecule has 1 amide bonds. The quantitative estimate of drug-likeness (QED) is 0.794. The first-order valence-electron chi connectivity index (χ1n) is 6.68. The van der Waals surface area contributed by atoms with Crippen LogP contribution in [0.5, 0.6) is 5.75 Å². The summed E-state index contributed by atoms with van der Waals surface area (Å²) in [5, 5.41) is 2.06. The van der Waals surface area contributed by atoms with E-state index < -0.39 is 32.7 Å². The van der Waals surface area contributed by atoms with Crippen LogP contribution in [0, 0.1) is 0 Å². The van der Waals surface area contributed by atoms with Crippen molar-refractivity contribution in [3.8, 4) is 5.75 Å². The van der Waals surface area contributed by atoms with Crippen molar-refractivity contribution in [2.75, 3.05) is 5.32 Å². The van der Waals surface area contributed by atoms with Crippen LogP contribution in [0.15, 0.2) is 47.4 Å². The third-order valence-corrected chi connectivity index (χ3v) is 4.44. The number of para-hydroxylation sites is 2. The van der Waals surface area contributed by atoms with Gasteiger partial charge < -0.3 is 9.50 Å². The second-order valence-corrected chi connectivity index (χ2v) is 6.80. The number of carbonyl (C=O) groups is 1. The van der Waals surface area contributed by atoms with Gasteiger partial charge in [0.25, 0.3) is 0 Å². The Kier molecular flexibility index (Phi) is 5.28. The molecule has 0 spiro atoms. The summed E-state index contributed by atoms with van der Waals surface area (Å²) in [6, 6.07) is 7.66. The second kappa shape index (κ2) is 6.93. The maximum Gasteiger partial charge on any atom is 0.417 e. The molecule has 25 heavy (non-hydrogen) atoms. The predicted molar refractivity (Wildman–Crippen MR) is 85.0 cm³/mol. The molecule has 5 nitrogen and oxygen atoms in total. The fourth-order valence-corrected chi connectivity index (χ4v) is 3.26. The van der Waals surface area contributed by atoms with E-state index in [4.69, 9.17) is 15.8 Å². The van der Waals surface area contributed by atoms with Crippen molar-refractivity contribution in [1.82, 2.24) is 0 Å². The van der Waals surface area contributed by atoms with E-state index >= 15 is 0 Å². The van der Waals surface area contributed by atoms with Gasteiger partial charge in [-0.1, -0.05) is 23.7 Å². The molecule has 10 heteroatoms. The lowest BCUT2D eigenvalue weighted by atomic mass is 10.2.